The van der Waals surface area contributed by atoms with Crippen LogP contribution >= 0.6 is 0 Å². The molecule has 0 saturated heterocycles. The molecule has 2 aliphatic rings. The van der Waals surface area contributed by atoms with Gasteiger partial charge in [-0.05, 0) is 62.3 Å². The normalized spacial score (nSPS) is 28.7. The molecule has 1 aromatic carbocycles. The van der Waals surface area contributed by atoms with Crippen LogP contribution in [0.4, 0.5) is 13.2 Å². The number of hydrogen-bond donors (Lipinski definition) is 0. The summed E-state index contributed by atoms with van der Waals surface area (Å²) >= 11 is 0. The Kier molecular flexibility index (Phi) is 6.83. The van der Waals surface area contributed by atoms with E-state index < -0.39 is 29.0 Å². The van der Waals surface area contributed by atoms with Crippen molar-refractivity contribution in [3.63, 3.8) is 0 Å². The van der Waals surface area contributed by atoms with Crippen LogP contribution < -0.4 is 0 Å². The first-order chi connectivity index (χ1) is 13.0. The Hall–Kier alpha value is -1.52. The zero-order valence-corrected chi connectivity index (χ0v) is 16.0. The van der Waals surface area contributed by atoms with Crippen molar-refractivity contribution >= 4 is 5.97 Å². The quantitative estimate of drug-likeness (QED) is 0.433. The fraction of sp³-hybridized carbons (Fsp3) is 0.682. The van der Waals surface area contributed by atoms with E-state index in [1.165, 1.54) is 38.5 Å². The molecule has 2 fully saturated rings. The first-order valence-electron chi connectivity index (χ1n) is 10.3. The van der Waals surface area contributed by atoms with Crippen molar-refractivity contribution in [3.05, 3.63) is 35.1 Å². The number of carbonyl (C=O) groups is 1. The number of ether oxygens (including phenoxy) is 1. The molecule has 0 aromatic heterocycles. The van der Waals surface area contributed by atoms with Gasteiger partial charge in [-0.1, -0.05) is 32.6 Å². The van der Waals surface area contributed by atoms with E-state index in [0.717, 1.165) is 37.5 Å². The van der Waals surface area contributed by atoms with Gasteiger partial charge < -0.3 is 4.74 Å². The van der Waals surface area contributed by atoms with Gasteiger partial charge in [-0.25, -0.2) is 18.0 Å². The lowest BCUT2D eigenvalue weighted by atomic mass is 9.70. The second-order valence-corrected chi connectivity index (χ2v) is 8.26. The summed E-state index contributed by atoms with van der Waals surface area (Å²) in [7, 11) is 0. The van der Waals surface area contributed by atoms with Crippen LogP contribution in [-0.4, -0.2) is 12.1 Å². The van der Waals surface area contributed by atoms with Crippen molar-refractivity contribution < 1.29 is 22.7 Å². The molecule has 0 bridgehead atoms. The summed E-state index contributed by atoms with van der Waals surface area (Å²) in [6, 6.07) is 0.963. The maximum absolute atomic E-state index is 13.7. The molecule has 0 radical (unpaired) electrons. The highest BCUT2D eigenvalue weighted by Crippen LogP contribution is 2.41. The summed E-state index contributed by atoms with van der Waals surface area (Å²) < 4.78 is 45.4. The third kappa shape index (κ3) is 5.05. The fourth-order valence-electron chi connectivity index (χ4n) is 4.93. The standard InChI is InChI=1S/C22H29F3O2/c1-2-3-14-4-6-15(7-5-14)16-8-10-17(11-9-16)27-22(26)18-12-20(24)21(25)13-19(18)23/h12-17H,2-11H2,1H3. The predicted octanol–water partition coefficient (Wildman–Crippen LogP) is 6.43. The second kappa shape index (κ2) is 9.11. The smallest absolute Gasteiger partial charge is 0.341 e. The van der Waals surface area contributed by atoms with Crippen molar-refractivity contribution in [2.75, 3.05) is 0 Å². The largest absolute Gasteiger partial charge is 0.459 e. The molecule has 150 valence electrons. The summed E-state index contributed by atoms with van der Waals surface area (Å²) in [5.41, 5.74) is -0.537. The first kappa shape index (κ1) is 20.2. The van der Waals surface area contributed by atoms with Gasteiger partial charge in [0.1, 0.15) is 11.9 Å². The molecule has 0 amide bonds. The van der Waals surface area contributed by atoms with Crippen molar-refractivity contribution in [1.82, 2.24) is 0 Å². The van der Waals surface area contributed by atoms with Crippen molar-refractivity contribution in [1.29, 1.82) is 0 Å². The zero-order valence-electron chi connectivity index (χ0n) is 16.0. The maximum atomic E-state index is 13.7. The van der Waals surface area contributed by atoms with Crippen LogP contribution in [0.25, 0.3) is 0 Å². The molecule has 5 heteroatoms. The molecule has 0 spiro atoms. The van der Waals surface area contributed by atoms with Gasteiger partial charge in [0.25, 0.3) is 0 Å². The van der Waals surface area contributed by atoms with Gasteiger partial charge in [-0.3, -0.25) is 0 Å². The monoisotopic (exact) mass is 382 g/mol. The number of carbonyl (C=O) groups excluding carboxylic acids is 1. The SMILES string of the molecule is CCCC1CCC(C2CCC(OC(=O)c3cc(F)c(F)cc3F)CC2)CC1. The number of halogens is 3. The average Bonchev–Trinajstić information content (AvgIpc) is 2.66. The topological polar surface area (TPSA) is 26.3 Å². The van der Waals surface area contributed by atoms with Crippen molar-refractivity contribution in [2.24, 2.45) is 17.8 Å². The van der Waals surface area contributed by atoms with Gasteiger partial charge in [0.15, 0.2) is 11.6 Å². The highest BCUT2D eigenvalue weighted by molar-refractivity contribution is 5.89. The zero-order chi connectivity index (χ0) is 19.4. The van der Waals surface area contributed by atoms with Crippen LogP contribution in [0.2, 0.25) is 0 Å². The summed E-state index contributed by atoms with van der Waals surface area (Å²) in [4.78, 5) is 12.1. The third-order valence-corrected chi connectivity index (χ3v) is 6.48. The van der Waals surface area contributed by atoms with E-state index in [4.69, 9.17) is 4.74 Å². The Morgan fingerprint density at radius 3 is 2.04 bits per heavy atom. The Labute approximate surface area is 159 Å². The molecule has 27 heavy (non-hydrogen) atoms. The van der Waals surface area contributed by atoms with Crippen LogP contribution in [0.3, 0.4) is 0 Å². The van der Waals surface area contributed by atoms with Crippen LogP contribution in [-0.2, 0) is 4.74 Å². The predicted molar refractivity (Wildman–Crippen MR) is 97.8 cm³/mol. The van der Waals surface area contributed by atoms with Crippen LogP contribution in [0.1, 0.15) is 81.5 Å². The molecule has 0 N–H and O–H groups in total. The average molecular weight is 382 g/mol. The molecule has 0 atom stereocenters. The fourth-order valence-corrected chi connectivity index (χ4v) is 4.93. The lowest BCUT2D eigenvalue weighted by molar-refractivity contribution is 0.0104. The Balaban J connectivity index is 1.47. The minimum Gasteiger partial charge on any atom is -0.459 e. The second-order valence-electron chi connectivity index (χ2n) is 8.26. The summed E-state index contributed by atoms with van der Waals surface area (Å²) in [6.45, 7) is 2.25. The lowest BCUT2D eigenvalue weighted by Gasteiger charge is -2.37. The molecule has 1 aromatic rings. The molecule has 0 unspecified atom stereocenters. The van der Waals surface area contributed by atoms with E-state index in [2.05, 4.69) is 6.92 Å². The summed E-state index contributed by atoms with van der Waals surface area (Å²) in [5.74, 6) is -2.19. The molecule has 0 heterocycles. The van der Waals surface area contributed by atoms with E-state index in [1.54, 1.807) is 0 Å². The maximum Gasteiger partial charge on any atom is 0.341 e. The van der Waals surface area contributed by atoms with E-state index in [-0.39, 0.29) is 6.10 Å². The molecule has 2 aliphatic carbocycles. The Morgan fingerprint density at radius 1 is 0.889 bits per heavy atom. The van der Waals surface area contributed by atoms with Gasteiger partial charge >= 0.3 is 5.97 Å². The van der Waals surface area contributed by atoms with E-state index in [9.17, 15) is 18.0 Å². The van der Waals surface area contributed by atoms with Gasteiger partial charge in [0.2, 0.25) is 0 Å². The lowest BCUT2D eigenvalue weighted by Crippen LogP contribution is -2.30. The van der Waals surface area contributed by atoms with Gasteiger partial charge in [-0.2, -0.15) is 0 Å². The van der Waals surface area contributed by atoms with Crippen LogP contribution in [0, 0.1) is 35.2 Å². The van der Waals surface area contributed by atoms with E-state index in [0.29, 0.717) is 18.1 Å². The van der Waals surface area contributed by atoms with Crippen LogP contribution in [0.15, 0.2) is 12.1 Å². The van der Waals surface area contributed by atoms with Gasteiger partial charge in [-0.15, -0.1) is 0 Å². The summed E-state index contributed by atoms with van der Waals surface area (Å²) in [5, 5.41) is 0. The molecule has 3 rings (SSSR count). The van der Waals surface area contributed by atoms with E-state index in [1.807, 2.05) is 0 Å². The Morgan fingerprint density at radius 2 is 1.44 bits per heavy atom. The molecular weight excluding hydrogens is 353 g/mol. The van der Waals surface area contributed by atoms with Crippen molar-refractivity contribution in [3.8, 4) is 0 Å². The number of benzene rings is 1. The van der Waals surface area contributed by atoms with E-state index >= 15 is 0 Å². The highest BCUT2D eigenvalue weighted by atomic mass is 19.2. The minimum absolute atomic E-state index is 0.266. The molecular formula is C22H29F3O2. The number of rotatable bonds is 5. The minimum atomic E-state index is -1.31. The summed E-state index contributed by atoms with van der Waals surface area (Å²) in [6.07, 6.45) is 11.2. The van der Waals surface area contributed by atoms with Gasteiger partial charge in [0, 0.05) is 6.07 Å². The Bertz CT molecular complexity index is 645. The van der Waals surface area contributed by atoms with Gasteiger partial charge in [0.05, 0.1) is 5.56 Å². The van der Waals surface area contributed by atoms with Crippen molar-refractivity contribution in [2.45, 2.75) is 77.2 Å². The van der Waals surface area contributed by atoms with Crippen LogP contribution in [0.5, 0.6) is 0 Å². The number of esters is 1. The molecule has 0 aliphatic heterocycles. The number of hydrogen-bond acceptors (Lipinski definition) is 2. The highest BCUT2D eigenvalue weighted by Gasteiger charge is 2.32. The first-order valence-corrected chi connectivity index (χ1v) is 10.3. The molecule has 2 nitrogen and oxygen atoms in total. The molecule has 2 saturated carbocycles. The third-order valence-electron chi connectivity index (χ3n) is 6.48.